The van der Waals surface area contributed by atoms with Gasteiger partial charge in [0, 0.05) is 5.41 Å². The van der Waals surface area contributed by atoms with Crippen molar-refractivity contribution < 1.29 is 10.2 Å². The lowest BCUT2D eigenvalue weighted by molar-refractivity contribution is -0.209. The minimum absolute atomic E-state index is 0.00192. The molecule has 0 aromatic rings. The standard InChI is InChI=1S/C30H50O2/c1-18(2)19-11-14-28(6)24(32)17-30(8)20(25(19)28)9-10-22-27(5)15-13-23(31)26(3,4)21(27)12-16-29(22,30)7/h9,18-19,21-25,31-32H,10-17H2,1-8H3. The fraction of sp³-hybridized carbons (Fsp3) is 0.933. The Morgan fingerprint density at radius 3 is 2.12 bits per heavy atom. The fourth-order valence-electron chi connectivity index (χ4n) is 10.9. The average Bonchev–Trinajstić information content (AvgIpc) is 3.05. The van der Waals surface area contributed by atoms with Gasteiger partial charge in [-0.25, -0.2) is 0 Å². The first kappa shape index (κ1) is 23.4. The summed E-state index contributed by atoms with van der Waals surface area (Å²) >= 11 is 0. The predicted molar refractivity (Wildman–Crippen MR) is 132 cm³/mol. The van der Waals surface area contributed by atoms with Crippen LogP contribution in [0.2, 0.25) is 0 Å². The third kappa shape index (κ3) is 2.61. The van der Waals surface area contributed by atoms with E-state index in [1.807, 2.05) is 0 Å². The lowest BCUT2D eigenvalue weighted by atomic mass is 9.34. The van der Waals surface area contributed by atoms with Gasteiger partial charge in [0.05, 0.1) is 12.2 Å². The molecule has 5 aliphatic carbocycles. The molecule has 0 spiro atoms. The molecule has 2 heteroatoms. The highest BCUT2D eigenvalue weighted by Gasteiger charge is 2.69. The lowest BCUT2D eigenvalue weighted by Gasteiger charge is -2.71. The Morgan fingerprint density at radius 1 is 0.812 bits per heavy atom. The third-order valence-corrected chi connectivity index (χ3v) is 13.2. The zero-order chi connectivity index (χ0) is 23.5. The van der Waals surface area contributed by atoms with Crippen LogP contribution >= 0.6 is 0 Å². The van der Waals surface area contributed by atoms with Crippen LogP contribution in [-0.4, -0.2) is 22.4 Å². The second kappa shape index (κ2) is 6.87. The Labute approximate surface area is 197 Å². The van der Waals surface area contributed by atoms with Crippen LogP contribution in [0, 0.1) is 56.7 Å². The van der Waals surface area contributed by atoms with E-state index in [0.29, 0.717) is 29.6 Å². The van der Waals surface area contributed by atoms with Crippen molar-refractivity contribution in [2.24, 2.45) is 56.7 Å². The molecular formula is C30H50O2. The van der Waals surface area contributed by atoms with E-state index in [9.17, 15) is 10.2 Å². The van der Waals surface area contributed by atoms with Crippen molar-refractivity contribution in [2.45, 2.75) is 119 Å². The van der Waals surface area contributed by atoms with E-state index in [1.165, 1.54) is 32.1 Å². The first-order valence-corrected chi connectivity index (χ1v) is 13.8. The Hall–Kier alpha value is -0.340. The maximum Gasteiger partial charge on any atom is 0.0608 e. The van der Waals surface area contributed by atoms with E-state index in [2.05, 4.69) is 61.5 Å². The summed E-state index contributed by atoms with van der Waals surface area (Å²) in [5, 5.41) is 22.6. The van der Waals surface area contributed by atoms with Gasteiger partial charge in [-0.15, -0.1) is 0 Å². The molecule has 0 bridgehead atoms. The monoisotopic (exact) mass is 442 g/mol. The zero-order valence-electron chi connectivity index (χ0n) is 22.2. The first-order valence-electron chi connectivity index (χ1n) is 13.8. The van der Waals surface area contributed by atoms with Crippen LogP contribution in [0.25, 0.3) is 0 Å². The molecule has 2 N–H and O–H groups in total. The van der Waals surface area contributed by atoms with Crippen molar-refractivity contribution in [3.63, 3.8) is 0 Å². The topological polar surface area (TPSA) is 40.5 Å². The Morgan fingerprint density at radius 2 is 1.47 bits per heavy atom. The van der Waals surface area contributed by atoms with Gasteiger partial charge in [0.2, 0.25) is 0 Å². The molecule has 0 saturated heterocycles. The van der Waals surface area contributed by atoms with Crippen molar-refractivity contribution in [2.75, 3.05) is 0 Å². The molecule has 0 aliphatic heterocycles. The molecule has 182 valence electrons. The van der Waals surface area contributed by atoms with Gasteiger partial charge in [-0.3, -0.25) is 0 Å². The van der Waals surface area contributed by atoms with Crippen molar-refractivity contribution in [1.29, 1.82) is 0 Å². The van der Waals surface area contributed by atoms with Gasteiger partial charge < -0.3 is 10.2 Å². The van der Waals surface area contributed by atoms with Gasteiger partial charge in [-0.1, -0.05) is 67.0 Å². The van der Waals surface area contributed by atoms with Crippen LogP contribution in [0.5, 0.6) is 0 Å². The average molecular weight is 443 g/mol. The normalized spacial score (nSPS) is 56.7. The van der Waals surface area contributed by atoms with Crippen LogP contribution in [0.1, 0.15) is 107 Å². The summed E-state index contributed by atoms with van der Waals surface area (Å²) < 4.78 is 0. The molecule has 10 atom stereocenters. The highest BCUT2D eigenvalue weighted by atomic mass is 16.3. The molecule has 5 aliphatic rings. The second-order valence-corrected chi connectivity index (χ2v) is 14.8. The Balaban J connectivity index is 1.61. The molecular weight excluding hydrogens is 392 g/mol. The van der Waals surface area contributed by atoms with Crippen LogP contribution in [0.3, 0.4) is 0 Å². The summed E-state index contributed by atoms with van der Waals surface area (Å²) in [7, 11) is 0. The van der Waals surface area contributed by atoms with Gasteiger partial charge in [0.1, 0.15) is 0 Å². The largest absolute Gasteiger partial charge is 0.393 e. The maximum atomic E-state index is 11.7. The maximum absolute atomic E-state index is 11.7. The Bertz CT molecular complexity index is 812. The smallest absolute Gasteiger partial charge is 0.0608 e. The summed E-state index contributed by atoms with van der Waals surface area (Å²) in [6.45, 7) is 19.6. The molecule has 2 nitrogen and oxygen atoms in total. The third-order valence-electron chi connectivity index (χ3n) is 13.2. The lowest BCUT2D eigenvalue weighted by Crippen LogP contribution is -2.65. The molecule has 0 aromatic carbocycles. The number of allylic oxidation sites excluding steroid dienone is 2. The summed E-state index contributed by atoms with van der Waals surface area (Å²) in [4.78, 5) is 0. The van der Waals surface area contributed by atoms with Gasteiger partial charge >= 0.3 is 0 Å². The minimum Gasteiger partial charge on any atom is -0.393 e. The highest BCUT2D eigenvalue weighted by molar-refractivity contribution is 5.35. The van der Waals surface area contributed by atoms with Gasteiger partial charge in [-0.05, 0) is 103 Å². The van der Waals surface area contributed by atoms with Crippen LogP contribution in [0.15, 0.2) is 11.6 Å². The molecule has 5 rings (SSSR count). The molecule has 4 fully saturated rings. The number of rotatable bonds is 1. The zero-order valence-corrected chi connectivity index (χ0v) is 22.2. The fourth-order valence-corrected chi connectivity index (χ4v) is 10.9. The summed E-state index contributed by atoms with van der Waals surface area (Å²) in [6, 6.07) is 0. The molecule has 0 amide bonds. The van der Waals surface area contributed by atoms with Crippen LogP contribution in [-0.2, 0) is 0 Å². The van der Waals surface area contributed by atoms with Crippen molar-refractivity contribution in [1.82, 2.24) is 0 Å². The van der Waals surface area contributed by atoms with E-state index in [0.717, 1.165) is 19.3 Å². The number of aliphatic hydroxyl groups excluding tert-OH is 2. The number of aliphatic hydroxyl groups is 2. The predicted octanol–water partition coefficient (Wildman–Crippen LogP) is 7.00. The summed E-state index contributed by atoms with van der Waals surface area (Å²) in [5.74, 6) is 3.16. The second-order valence-electron chi connectivity index (χ2n) is 14.8. The van der Waals surface area contributed by atoms with Crippen molar-refractivity contribution in [3.05, 3.63) is 11.6 Å². The Kier molecular flexibility index (Phi) is 5.02. The van der Waals surface area contributed by atoms with Crippen LogP contribution in [0.4, 0.5) is 0 Å². The van der Waals surface area contributed by atoms with Crippen LogP contribution < -0.4 is 0 Å². The van der Waals surface area contributed by atoms with E-state index in [1.54, 1.807) is 5.57 Å². The summed E-state index contributed by atoms with van der Waals surface area (Å²) in [6.07, 6.45) is 11.5. The van der Waals surface area contributed by atoms with Gasteiger partial charge in [0.15, 0.2) is 0 Å². The number of hydrogen-bond acceptors (Lipinski definition) is 2. The van der Waals surface area contributed by atoms with E-state index in [4.69, 9.17) is 0 Å². The van der Waals surface area contributed by atoms with Crippen molar-refractivity contribution >= 4 is 0 Å². The van der Waals surface area contributed by atoms with E-state index >= 15 is 0 Å². The first-order chi connectivity index (χ1) is 14.7. The molecule has 32 heavy (non-hydrogen) atoms. The molecule has 0 aromatic heterocycles. The highest BCUT2D eigenvalue weighted by Crippen LogP contribution is 2.76. The van der Waals surface area contributed by atoms with Gasteiger partial charge in [0.25, 0.3) is 0 Å². The van der Waals surface area contributed by atoms with E-state index < -0.39 is 0 Å². The minimum atomic E-state index is -0.191. The molecule has 0 radical (unpaired) electrons. The summed E-state index contributed by atoms with van der Waals surface area (Å²) in [5.41, 5.74) is 2.38. The van der Waals surface area contributed by atoms with E-state index in [-0.39, 0.29) is 39.3 Å². The van der Waals surface area contributed by atoms with Gasteiger partial charge in [-0.2, -0.15) is 0 Å². The number of fused-ring (bicyclic) bond motifs is 7. The molecule has 10 unspecified atom stereocenters. The number of hydrogen-bond donors (Lipinski definition) is 2. The molecule has 4 saturated carbocycles. The molecule has 0 heterocycles. The van der Waals surface area contributed by atoms with Crippen molar-refractivity contribution in [3.8, 4) is 0 Å². The SMILES string of the molecule is CC(C)C1CCC2(C)C(O)CC3(C)C(=CCC4C5(C)CCC(O)C(C)(C)C5CCC43C)C12. The quantitative estimate of drug-likeness (QED) is 0.429.